The van der Waals surface area contributed by atoms with Gasteiger partial charge in [-0.15, -0.1) is 11.6 Å². The van der Waals surface area contributed by atoms with E-state index in [2.05, 4.69) is 9.47 Å². The lowest BCUT2D eigenvalue weighted by molar-refractivity contribution is -0.172. The second-order valence-corrected chi connectivity index (χ2v) is 5.27. The topological polar surface area (TPSA) is 130 Å². The lowest BCUT2D eigenvalue weighted by atomic mass is 10.0. The number of carboxylic acids is 1. The van der Waals surface area contributed by atoms with Crippen molar-refractivity contribution in [3.8, 4) is 0 Å². The number of aliphatic carboxylic acids is 1. The number of ether oxygens (including phenoxy) is 2. The third-order valence-corrected chi connectivity index (χ3v) is 4.09. The highest BCUT2D eigenvalue weighted by atomic mass is 35.5. The average Bonchev–Trinajstić information content (AvgIpc) is 2.23. The zero-order valence-electron chi connectivity index (χ0n) is 9.70. The van der Waals surface area contributed by atoms with Crippen LogP contribution in [-0.4, -0.2) is 51.8 Å². The first-order valence-electron chi connectivity index (χ1n) is 4.75. The van der Waals surface area contributed by atoms with E-state index in [9.17, 15) is 23.9 Å². The van der Waals surface area contributed by atoms with Crippen molar-refractivity contribution in [2.75, 3.05) is 19.6 Å². The van der Waals surface area contributed by atoms with Crippen LogP contribution in [0.2, 0.25) is 0 Å². The molecule has 2 atom stereocenters. The normalized spacial score (nSPS) is 16.7. The van der Waals surface area contributed by atoms with Crippen molar-refractivity contribution < 1.29 is 38.5 Å². The summed E-state index contributed by atoms with van der Waals surface area (Å²) in [6.07, 6.45) is 0. The Bertz CT molecular complexity index is 366. The Morgan fingerprint density at radius 2 is 1.94 bits per heavy atom. The minimum Gasteiger partial charge on any atom is -0.481 e. The molecule has 2 unspecified atom stereocenters. The highest BCUT2D eigenvalue weighted by Gasteiger charge is 2.63. The molecular formula is C8H14ClO8P. The predicted octanol–water partition coefficient (Wildman–Crippen LogP) is 0.00950. The number of carboxylic acid groups (broad SMARTS) is 1. The van der Waals surface area contributed by atoms with Gasteiger partial charge >= 0.3 is 19.5 Å². The third kappa shape index (κ3) is 3.02. The zero-order valence-corrected chi connectivity index (χ0v) is 11.3. The largest absolute Gasteiger partial charge is 0.481 e. The van der Waals surface area contributed by atoms with Crippen LogP contribution in [-0.2, 0) is 23.6 Å². The smallest absolute Gasteiger partial charge is 0.369 e. The molecule has 10 heteroatoms. The maximum absolute atomic E-state index is 11.7. The Hall–Kier alpha value is -0.660. The summed E-state index contributed by atoms with van der Waals surface area (Å²) in [4.78, 5) is 41.1. The predicted molar refractivity (Wildman–Crippen MR) is 60.3 cm³/mol. The van der Waals surface area contributed by atoms with E-state index in [0.717, 1.165) is 7.11 Å². The van der Waals surface area contributed by atoms with Gasteiger partial charge in [-0.1, -0.05) is 0 Å². The van der Waals surface area contributed by atoms with Gasteiger partial charge in [-0.25, -0.2) is 4.79 Å². The second-order valence-electron chi connectivity index (χ2n) is 3.21. The molecule has 18 heavy (non-hydrogen) atoms. The first kappa shape index (κ1) is 17.3. The highest BCUT2D eigenvalue weighted by Crippen LogP contribution is 2.56. The maximum atomic E-state index is 11.7. The van der Waals surface area contributed by atoms with Gasteiger partial charge in [-0.3, -0.25) is 9.36 Å². The Morgan fingerprint density at radius 3 is 2.17 bits per heavy atom. The molecule has 0 aliphatic heterocycles. The summed E-state index contributed by atoms with van der Waals surface area (Å²) < 4.78 is 20.5. The zero-order chi connectivity index (χ0) is 14.6. The number of hydrogen-bond donors (Lipinski definition) is 3. The van der Waals surface area contributed by atoms with Crippen molar-refractivity contribution >= 4 is 31.1 Å². The van der Waals surface area contributed by atoms with Crippen molar-refractivity contribution in [3.63, 3.8) is 0 Å². The number of hydrogen-bond acceptors (Lipinski definition) is 5. The average molecular weight is 305 g/mol. The Labute approximate surface area is 108 Å². The summed E-state index contributed by atoms with van der Waals surface area (Å²) in [5.41, 5.74) is 0. The van der Waals surface area contributed by atoms with Gasteiger partial charge in [-0.2, -0.15) is 0 Å². The van der Waals surface area contributed by atoms with Crippen LogP contribution in [0.15, 0.2) is 0 Å². The van der Waals surface area contributed by atoms with E-state index in [4.69, 9.17) is 16.7 Å². The van der Waals surface area contributed by atoms with Crippen molar-refractivity contribution in [2.45, 2.75) is 12.3 Å². The van der Waals surface area contributed by atoms with Crippen molar-refractivity contribution in [2.24, 2.45) is 5.92 Å². The molecule has 0 aromatic carbocycles. The summed E-state index contributed by atoms with van der Waals surface area (Å²) in [7, 11) is -4.48. The lowest BCUT2D eigenvalue weighted by Crippen LogP contribution is -2.52. The summed E-state index contributed by atoms with van der Waals surface area (Å²) in [5, 5.41) is 5.96. The van der Waals surface area contributed by atoms with Crippen LogP contribution in [0.5, 0.6) is 0 Å². The number of alkyl halides is 1. The number of esters is 1. The van der Waals surface area contributed by atoms with Crippen LogP contribution < -0.4 is 0 Å². The lowest BCUT2D eigenvalue weighted by Gasteiger charge is -2.33. The molecule has 0 saturated heterocycles. The monoisotopic (exact) mass is 304 g/mol. The van der Waals surface area contributed by atoms with Crippen molar-refractivity contribution in [3.05, 3.63) is 0 Å². The van der Waals surface area contributed by atoms with E-state index in [0.29, 0.717) is 0 Å². The van der Waals surface area contributed by atoms with Gasteiger partial charge in [0, 0.05) is 13.0 Å². The molecule has 0 aliphatic carbocycles. The molecule has 0 heterocycles. The van der Waals surface area contributed by atoms with E-state index in [1.807, 2.05) is 0 Å². The molecule has 0 rings (SSSR count). The summed E-state index contributed by atoms with van der Waals surface area (Å²) >= 11 is 5.36. The molecular weight excluding hydrogens is 291 g/mol. The van der Waals surface area contributed by atoms with Gasteiger partial charge in [0.1, 0.15) is 5.92 Å². The quantitative estimate of drug-likeness (QED) is 0.340. The molecule has 0 saturated carbocycles. The van der Waals surface area contributed by atoms with Crippen LogP contribution in [0.1, 0.15) is 6.92 Å². The fraction of sp³-hybridized carbons (Fsp3) is 0.750. The summed E-state index contributed by atoms with van der Waals surface area (Å²) in [5.74, 6) is -5.81. The van der Waals surface area contributed by atoms with E-state index in [-0.39, 0.29) is 6.61 Å². The fourth-order valence-electron chi connectivity index (χ4n) is 1.38. The second kappa shape index (κ2) is 6.49. The molecule has 0 aromatic rings. The molecule has 106 valence electrons. The third-order valence-electron chi connectivity index (χ3n) is 2.24. The van der Waals surface area contributed by atoms with Crippen molar-refractivity contribution in [1.82, 2.24) is 0 Å². The Kier molecular flexibility index (Phi) is 6.25. The number of halogens is 1. The Morgan fingerprint density at radius 1 is 1.44 bits per heavy atom. The molecule has 0 amide bonds. The minimum absolute atomic E-state index is 0.196. The number of carbonyl (C=O) groups is 2. The van der Waals surface area contributed by atoms with Gasteiger partial charge in [0.15, 0.2) is 0 Å². The molecule has 3 N–H and O–H groups in total. The Balaban J connectivity index is 5.87. The fourth-order valence-corrected chi connectivity index (χ4v) is 2.99. The van der Waals surface area contributed by atoms with Crippen LogP contribution in [0.25, 0.3) is 0 Å². The molecule has 0 fully saturated rings. The highest BCUT2D eigenvalue weighted by molar-refractivity contribution is 7.54. The van der Waals surface area contributed by atoms with Crippen LogP contribution in [0, 0.1) is 5.92 Å². The van der Waals surface area contributed by atoms with E-state index < -0.39 is 36.7 Å². The summed E-state index contributed by atoms with van der Waals surface area (Å²) in [6.45, 7) is 1.20. The molecule has 0 aromatic heterocycles. The number of carbonyl (C=O) groups excluding carboxylic acids is 1. The minimum atomic E-state index is -5.28. The van der Waals surface area contributed by atoms with E-state index >= 15 is 0 Å². The van der Waals surface area contributed by atoms with Gasteiger partial charge in [0.2, 0.25) is 0 Å². The van der Waals surface area contributed by atoms with E-state index in [1.54, 1.807) is 0 Å². The van der Waals surface area contributed by atoms with Crippen molar-refractivity contribution in [1.29, 1.82) is 0 Å². The maximum Gasteiger partial charge on any atom is 0.369 e. The molecule has 0 bridgehead atoms. The standard InChI is InChI=1S/C8H14ClO8P/c1-3-17-7(12)8(16-2,18(13,14)15)5(4-9)6(10)11/h5H,3-4H2,1-2H3,(H,10,11)(H2,13,14,15). The van der Waals surface area contributed by atoms with Gasteiger partial charge in [-0.05, 0) is 6.92 Å². The van der Waals surface area contributed by atoms with Gasteiger partial charge in [0.05, 0.1) is 6.61 Å². The van der Waals surface area contributed by atoms with E-state index in [1.165, 1.54) is 6.92 Å². The van der Waals surface area contributed by atoms with Crippen LogP contribution >= 0.6 is 19.2 Å². The summed E-state index contributed by atoms with van der Waals surface area (Å²) in [6, 6.07) is 0. The SMILES string of the molecule is CCOC(=O)C(OC)(C(CCl)C(=O)O)P(=O)(O)O. The molecule has 0 aliphatic rings. The molecule has 0 spiro atoms. The number of methoxy groups -OCH3 is 1. The first-order valence-corrected chi connectivity index (χ1v) is 6.90. The number of rotatable bonds is 7. The molecule has 8 nitrogen and oxygen atoms in total. The van der Waals surface area contributed by atoms with Crippen LogP contribution in [0.4, 0.5) is 0 Å². The first-order chi connectivity index (χ1) is 8.18. The van der Waals surface area contributed by atoms with Gasteiger partial charge in [0.25, 0.3) is 5.34 Å². The van der Waals surface area contributed by atoms with Crippen LogP contribution in [0.3, 0.4) is 0 Å². The molecule has 0 radical (unpaired) electrons. The van der Waals surface area contributed by atoms with Gasteiger partial charge < -0.3 is 24.4 Å².